The number of para-hydroxylation sites is 1. The molecule has 11 nitrogen and oxygen atoms in total. The van der Waals surface area contributed by atoms with E-state index in [9.17, 15) is 20.2 Å². The standard InChI is InChI=1S/C28H22N6O5/c29-19-22(26-30-31-28(32-13-15-38-16-14-32)33(26)23-6-2-1-3-7-23)17-20-9-11-25(12-10-20)39-27(35)21-5-4-8-24(18-21)34(36)37/h1-12,17-18H,13-16H2/b22-17+. The largest absolute Gasteiger partial charge is 0.423 e. The molecule has 1 fully saturated rings. The fourth-order valence-electron chi connectivity index (χ4n) is 4.09. The van der Waals surface area contributed by atoms with Crippen LogP contribution in [-0.2, 0) is 4.74 Å². The molecule has 0 unspecified atom stereocenters. The highest BCUT2D eigenvalue weighted by Crippen LogP contribution is 2.27. The Kier molecular flexibility index (Phi) is 7.38. The predicted molar refractivity (Wildman–Crippen MR) is 142 cm³/mol. The van der Waals surface area contributed by atoms with Gasteiger partial charge in [0.15, 0.2) is 5.82 Å². The molecular weight excluding hydrogens is 500 g/mol. The molecule has 1 aliphatic rings. The van der Waals surface area contributed by atoms with Crippen LogP contribution < -0.4 is 9.64 Å². The highest BCUT2D eigenvalue weighted by molar-refractivity contribution is 5.92. The summed E-state index contributed by atoms with van der Waals surface area (Å²) < 4.78 is 12.7. The first kappa shape index (κ1) is 25.3. The Labute approximate surface area is 223 Å². The van der Waals surface area contributed by atoms with Crippen molar-refractivity contribution in [3.63, 3.8) is 0 Å². The Morgan fingerprint density at radius 1 is 1.03 bits per heavy atom. The van der Waals surface area contributed by atoms with E-state index >= 15 is 0 Å². The smallest absolute Gasteiger partial charge is 0.343 e. The van der Waals surface area contributed by atoms with Crippen LogP contribution in [0, 0.1) is 21.4 Å². The lowest BCUT2D eigenvalue weighted by molar-refractivity contribution is -0.384. The molecule has 1 saturated heterocycles. The van der Waals surface area contributed by atoms with Crippen molar-refractivity contribution in [2.45, 2.75) is 0 Å². The van der Waals surface area contributed by atoms with Gasteiger partial charge in [0.2, 0.25) is 5.95 Å². The summed E-state index contributed by atoms with van der Waals surface area (Å²) in [6, 6.07) is 23.7. The molecular formula is C28H22N6O5. The fourth-order valence-corrected chi connectivity index (χ4v) is 4.09. The van der Waals surface area contributed by atoms with Gasteiger partial charge in [-0.25, -0.2) is 4.79 Å². The first-order valence-electron chi connectivity index (χ1n) is 12.1. The van der Waals surface area contributed by atoms with E-state index in [0.717, 1.165) is 11.8 Å². The maximum Gasteiger partial charge on any atom is 0.343 e. The molecule has 0 atom stereocenters. The van der Waals surface area contributed by atoms with Crippen LogP contribution in [0.15, 0.2) is 78.9 Å². The third kappa shape index (κ3) is 5.66. The summed E-state index contributed by atoms with van der Waals surface area (Å²) in [5, 5.41) is 29.8. The van der Waals surface area contributed by atoms with E-state index in [1.807, 2.05) is 34.9 Å². The van der Waals surface area contributed by atoms with Crippen LogP contribution in [0.4, 0.5) is 11.6 Å². The summed E-state index contributed by atoms with van der Waals surface area (Å²) in [5.41, 5.74) is 1.67. The normalized spacial score (nSPS) is 13.5. The monoisotopic (exact) mass is 522 g/mol. The third-order valence-corrected chi connectivity index (χ3v) is 6.01. The number of hydrogen-bond donors (Lipinski definition) is 0. The van der Waals surface area contributed by atoms with Crippen molar-refractivity contribution in [3.05, 3.63) is 106 Å². The number of nitrogens with zero attached hydrogens (tertiary/aromatic N) is 6. The number of allylic oxidation sites excluding steroid dienone is 1. The van der Waals surface area contributed by atoms with Gasteiger partial charge in [-0.15, -0.1) is 10.2 Å². The molecule has 4 aromatic rings. The minimum absolute atomic E-state index is 0.0660. The molecule has 0 amide bonds. The Bertz CT molecular complexity index is 1570. The Morgan fingerprint density at radius 3 is 2.46 bits per heavy atom. The Hall–Kier alpha value is -5.34. The van der Waals surface area contributed by atoms with Gasteiger partial charge in [-0.2, -0.15) is 5.26 Å². The minimum atomic E-state index is -0.716. The zero-order chi connectivity index (χ0) is 27.2. The highest BCUT2D eigenvalue weighted by atomic mass is 16.6. The number of morpholine rings is 1. The van der Waals surface area contributed by atoms with Crippen LogP contribution in [0.5, 0.6) is 5.75 Å². The van der Waals surface area contributed by atoms with E-state index in [1.165, 1.54) is 18.2 Å². The van der Waals surface area contributed by atoms with Crippen molar-refractivity contribution in [2.24, 2.45) is 0 Å². The zero-order valence-electron chi connectivity index (χ0n) is 20.6. The van der Waals surface area contributed by atoms with Crippen LogP contribution >= 0.6 is 0 Å². The Balaban J connectivity index is 1.41. The van der Waals surface area contributed by atoms with E-state index in [4.69, 9.17) is 9.47 Å². The quantitative estimate of drug-likeness (QED) is 0.114. The van der Waals surface area contributed by atoms with Crippen LogP contribution in [0.1, 0.15) is 21.7 Å². The van der Waals surface area contributed by atoms with Gasteiger partial charge < -0.3 is 14.4 Å². The number of non-ortho nitro benzene ring substituents is 1. The number of hydrogen-bond acceptors (Lipinski definition) is 9. The Morgan fingerprint density at radius 2 is 1.77 bits per heavy atom. The molecule has 0 saturated carbocycles. The number of anilines is 1. The number of aromatic nitrogens is 3. The van der Waals surface area contributed by atoms with Crippen molar-refractivity contribution in [3.8, 4) is 17.5 Å². The van der Waals surface area contributed by atoms with E-state index in [2.05, 4.69) is 21.2 Å². The molecule has 1 aromatic heterocycles. The molecule has 11 heteroatoms. The molecule has 3 aromatic carbocycles. The SMILES string of the molecule is N#C/C(=C\c1ccc(OC(=O)c2cccc([N+](=O)[O-])c2)cc1)c1nnc(N2CCOCC2)n1-c1ccccc1. The second-order valence-electron chi connectivity index (χ2n) is 8.53. The van der Waals surface area contributed by atoms with Crippen molar-refractivity contribution in [2.75, 3.05) is 31.2 Å². The summed E-state index contributed by atoms with van der Waals surface area (Å²) >= 11 is 0. The second-order valence-corrected chi connectivity index (χ2v) is 8.53. The molecule has 39 heavy (non-hydrogen) atoms. The minimum Gasteiger partial charge on any atom is -0.423 e. The molecule has 2 heterocycles. The number of nitro benzene ring substituents is 1. The summed E-state index contributed by atoms with van der Waals surface area (Å²) in [5.74, 6) is 0.561. The first-order valence-corrected chi connectivity index (χ1v) is 12.1. The summed E-state index contributed by atoms with van der Waals surface area (Å²) in [6.07, 6.45) is 1.68. The van der Waals surface area contributed by atoms with Crippen molar-refractivity contribution in [1.82, 2.24) is 14.8 Å². The van der Waals surface area contributed by atoms with E-state index < -0.39 is 10.9 Å². The fraction of sp³-hybridized carbons (Fsp3) is 0.143. The first-order chi connectivity index (χ1) is 19.0. The number of ether oxygens (including phenoxy) is 2. The third-order valence-electron chi connectivity index (χ3n) is 6.01. The number of esters is 1. The van der Waals surface area contributed by atoms with Crippen molar-refractivity contribution >= 4 is 29.3 Å². The van der Waals surface area contributed by atoms with Crippen molar-refractivity contribution < 1.29 is 19.2 Å². The molecule has 0 spiro atoms. The molecule has 0 N–H and O–H groups in total. The van der Waals surface area contributed by atoms with E-state index in [0.29, 0.717) is 49.2 Å². The molecule has 0 bridgehead atoms. The lowest BCUT2D eigenvalue weighted by Gasteiger charge is -2.28. The van der Waals surface area contributed by atoms with Crippen LogP contribution in [0.25, 0.3) is 17.3 Å². The van der Waals surface area contributed by atoms with E-state index in [-0.39, 0.29) is 17.0 Å². The van der Waals surface area contributed by atoms with Gasteiger partial charge in [-0.1, -0.05) is 36.4 Å². The van der Waals surface area contributed by atoms with Gasteiger partial charge in [0.25, 0.3) is 5.69 Å². The topological polar surface area (TPSA) is 136 Å². The summed E-state index contributed by atoms with van der Waals surface area (Å²) in [6.45, 7) is 2.48. The van der Waals surface area contributed by atoms with Crippen molar-refractivity contribution in [1.29, 1.82) is 5.26 Å². The number of carbonyl (C=O) groups is 1. The number of nitro groups is 1. The molecule has 5 rings (SSSR count). The maximum atomic E-state index is 12.5. The average molecular weight is 523 g/mol. The number of benzene rings is 3. The van der Waals surface area contributed by atoms with Gasteiger partial charge >= 0.3 is 5.97 Å². The molecule has 0 aliphatic carbocycles. The molecule has 0 radical (unpaired) electrons. The van der Waals surface area contributed by atoms with Gasteiger partial charge in [-0.05, 0) is 42.0 Å². The zero-order valence-corrected chi connectivity index (χ0v) is 20.6. The lowest BCUT2D eigenvalue weighted by Crippen LogP contribution is -2.38. The van der Waals surface area contributed by atoms with Crippen LogP contribution in [-0.4, -0.2) is 52.0 Å². The predicted octanol–water partition coefficient (Wildman–Crippen LogP) is 4.30. The number of carbonyl (C=O) groups excluding carboxylic acids is 1. The maximum absolute atomic E-state index is 12.5. The number of nitriles is 1. The second kappa shape index (κ2) is 11.4. The highest BCUT2D eigenvalue weighted by Gasteiger charge is 2.23. The molecule has 194 valence electrons. The average Bonchev–Trinajstić information content (AvgIpc) is 3.43. The summed E-state index contributed by atoms with van der Waals surface area (Å²) in [7, 11) is 0. The van der Waals surface area contributed by atoms with Gasteiger partial charge in [0, 0.05) is 25.2 Å². The van der Waals surface area contributed by atoms with Crippen LogP contribution in [0.3, 0.4) is 0 Å². The van der Waals surface area contributed by atoms with Gasteiger partial charge in [-0.3, -0.25) is 14.7 Å². The van der Waals surface area contributed by atoms with Crippen LogP contribution in [0.2, 0.25) is 0 Å². The lowest BCUT2D eigenvalue weighted by atomic mass is 10.1. The van der Waals surface area contributed by atoms with Gasteiger partial charge in [0.1, 0.15) is 11.8 Å². The van der Waals surface area contributed by atoms with Gasteiger partial charge in [0.05, 0.1) is 35.0 Å². The number of rotatable bonds is 7. The summed E-state index contributed by atoms with van der Waals surface area (Å²) in [4.78, 5) is 24.9. The van der Waals surface area contributed by atoms with E-state index in [1.54, 1.807) is 30.3 Å². The molecule has 1 aliphatic heterocycles.